The van der Waals surface area contributed by atoms with Gasteiger partial charge in [0.1, 0.15) is 0 Å². The summed E-state index contributed by atoms with van der Waals surface area (Å²) in [5, 5.41) is 24.2. The molecule has 4 N–H and O–H groups in total. The van der Waals surface area contributed by atoms with E-state index in [4.69, 9.17) is 10.2 Å². The van der Waals surface area contributed by atoms with Crippen molar-refractivity contribution < 1.29 is 15.0 Å². The molecule has 1 fully saturated rings. The topological polar surface area (TPSA) is 81.6 Å². The molecule has 5 heteroatoms. The molecule has 1 atom stereocenters. The van der Waals surface area contributed by atoms with Crippen LogP contribution in [-0.2, 0) is 4.79 Å². The van der Waals surface area contributed by atoms with Gasteiger partial charge in [0.15, 0.2) is 0 Å². The first kappa shape index (κ1) is 13.4. The van der Waals surface area contributed by atoms with Crippen molar-refractivity contribution in [2.24, 2.45) is 5.41 Å². The van der Waals surface area contributed by atoms with Crippen LogP contribution in [0.4, 0.5) is 0 Å². The van der Waals surface area contributed by atoms with Crippen molar-refractivity contribution in [2.75, 3.05) is 26.3 Å². The van der Waals surface area contributed by atoms with Crippen LogP contribution in [0.2, 0.25) is 0 Å². The number of rotatable bonds is 4. The predicted molar refractivity (Wildman–Crippen MR) is 60.9 cm³/mol. The Morgan fingerprint density at radius 1 is 1.50 bits per heavy atom. The Morgan fingerprint density at radius 2 is 2.12 bits per heavy atom. The molecule has 0 aromatic carbocycles. The van der Waals surface area contributed by atoms with E-state index in [0.29, 0.717) is 6.54 Å². The average molecular weight is 230 g/mol. The monoisotopic (exact) mass is 230 g/mol. The highest BCUT2D eigenvalue weighted by Gasteiger charge is 2.38. The summed E-state index contributed by atoms with van der Waals surface area (Å²) in [6.07, 6.45) is 1.80. The third kappa shape index (κ3) is 2.93. The minimum absolute atomic E-state index is 0.106. The van der Waals surface area contributed by atoms with E-state index >= 15 is 0 Å². The Hall–Kier alpha value is -0.650. The summed E-state index contributed by atoms with van der Waals surface area (Å²) >= 11 is 0. The molecule has 5 nitrogen and oxygen atoms in total. The SMILES string of the molecule is CC(CO)(CO)NC(=O)C1(C)CCCNC1. The summed E-state index contributed by atoms with van der Waals surface area (Å²) in [7, 11) is 0. The predicted octanol–water partition coefficient (Wildman–Crippen LogP) is -0.764. The van der Waals surface area contributed by atoms with Crippen molar-refractivity contribution in [3.63, 3.8) is 0 Å². The minimum atomic E-state index is -0.933. The first-order valence-corrected chi connectivity index (χ1v) is 5.71. The Labute approximate surface area is 96.2 Å². The quantitative estimate of drug-likeness (QED) is 0.511. The van der Waals surface area contributed by atoms with Gasteiger partial charge < -0.3 is 20.8 Å². The summed E-state index contributed by atoms with van der Waals surface area (Å²) in [5.41, 5.74) is -1.37. The van der Waals surface area contributed by atoms with Gasteiger partial charge in [0.05, 0.1) is 24.2 Å². The number of carbonyl (C=O) groups is 1. The molecule has 16 heavy (non-hydrogen) atoms. The van der Waals surface area contributed by atoms with E-state index in [0.717, 1.165) is 19.4 Å². The van der Waals surface area contributed by atoms with Crippen LogP contribution < -0.4 is 10.6 Å². The lowest BCUT2D eigenvalue weighted by atomic mass is 9.81. The normalized spacial score (nSPS) is 26.5. The average Bonchev–Trinajstić information content (AvgIpc) is 2.30. The van der Waals surface area contributed by atoms with E-state index < -0.39 is 11.0 Å². The lowest BCUT2D eigenvalue weighted by Crippen LogP contribution is -2.58. The lowest BCUT2D eigenvalue weighted by molar-refractivity contribution is -0.134. The van der Waals surface area contributed by atoms with Gasteiger partial charge in [0, 0.05) is 6.54 Å². The van der Waals surface area contributed by atoms with Gasteiger partial charge in [0.25, 0.3) is 0 Å². The molecule has 0 aliphatic carbocycles. The fourth-order valence-corrected chi connectivity index (χ4v) is 1.80. The van der Waals surface area contributed by atoms with E-state index in [1.807, 2.05) is 6.92 Å². The van der Waals surface area contributed by atoms with Crippen LogP contribution >= 0.6 is 0 Å². The molecule has 1 amide bonds. The molecular weight excluding hydrogens is 208 g/mol. The van der Waals surface area contributed by atoms with Crippen LogP contribution in [0.15, 0.2) is 0 Å². The molecule has 0 radical (unpaired) electrons. The standard InChI is InChI=1S/C11H22N2O3/c1-10(4-3-5-12-6-10)9(16)13-11(2,7-14)8-15/h12,14-15H,3-8H2,1-2H3,(H,13,16). The molecule has 0 saturated carbocycles. The van der Waals surface area contributed by atoms with Crippen molar-refractivity contribution in [1.29, 1.82) is 0 Å². The van der Waals surface area contributed by atoms with E-state index in [-0.39, 0.29) is 19.1 Å². The number of aliphatic hydroxyl groups excluding tert-OH is 2. The van der Waals surface area contributed by atoms with Gasteiger partial charge in [-0.25, -0.2) is 0 Å². The van der Waals surface area contributed by atoms with Crippen LogP contribution in [0.1, 0.15) is 26.7 Å². The fraction of sp³-hybridized carbons (Fsp3) is 0.909. The lowest BCUT2D eigenvalue weighted by Gasteiger charge is -2.36. The van der Waals surface area contributed by atoms with E-state index in [2.05, 4.69) is 10.6 Å². The number of hydrogen-bond acceptors (Lipinski definition) is 4. The Bertz CT molecular complexity index is 246. The van der Waals surface area contributed by atoms with E-state index in [1.54, 1.807) is 6.92 Å². The molecule has 1 aliphatic rings. The van der Waals surface area contributed by atoms with Gasteiger partial charge in [-0.2, -0.15) is 0 Å². The fourth-order valence-electron chi connectivity index (χ4n) is 1.80. The van der Waals surface area contributed by atoms with Crippen molar-refractivity contribution in [2.45, 2.75) is 32.2 Å². The van der Waals surface area contributed by atoms with Crippen LogP contribution in [0.3, 0.4) is 0 Å². The minimum Gasteiger partial charge on any atom is -0.394 e. The summed E-state index contributed by atoms with van der Waals surface area (Å²) in [6, 6.07) is 0. The summed E-state index contributed by atoms with van der Waals surface area (Å²) in [5.74, 6) is -0.106. The Morgan fingerprint density at radius 3 is 2.56 bits per heavy atom. The van der Waals surface area contributed by atoms with Crippen LogP contribution in [-0.4, -0.2) is 48.0 Å². The number of carbonyl (C=O) groups excluding carboxylic acids is 1. The maximum absolute atomic E-state index is 12.1. The molecule has 0 aromatic rings. The number of amides is 1. The zero-order chi connectivity index (χ0) is 12.2. The third-order valence-electron chi connectivity index (χ3n) is 3.26. The molecule has 0 spiro atoms. The van der Waals surface area contributed by atoms with Crippen LogP contribution in [0, 0.1) is 5.41 Å². The molecule has 1 saturated heterocycles. The smallest absolute Gasteiger partial charge is 0.227 e. The summed E-state index contributed by atoms with van der Waals surface area (Å²) in [4.78, 5) is 12.1. The van der Waals surface area contributed by atoms with E-state index in [1.165, 1.54) is 0 Å². The van der Waals surface area contributed by atoms with E-state index in [9.17, 15) is 4.79 Å². The molecular formula is C11H22N2O3. The highest BCUT2D eigenvalue weighted by atomic mass is 16.3. The van der Waals surface area contributed by atoms with Gasteiger partial charge in [-0.05, 0) is 33.2 Å². The first-order chi connectivity index (χ1) is 7.46. The zero-order valence-electron chi connectivity index (χ0n) is 10.0. The van der Waals surface area contributed by atoms with Gasteiger partial charge in [-0.1, -0.05) is 0 Å². The van der Waals surface area contributed by atoms with Crippen molar-refractivity contribution in [1.82, 2.24) is 10.6 Å². The number of nitrogens with one attached hydrogen (secondary N) is 2. The highest BCUT2D eigenvalue weighted by Crippen LogP contribution is 2.26. The maximum Gasteiger partial charge on any atom is 0.227 e. The second-order valence-corrected chi connectivity index (χ2v) is 5.17. The highest BCUT2D eigenvalue weighted by molar-refractivity contribution is 5.83. The summed E-state index contributed by atoms with van der Waals surface area (Å²) < 4.78 is 0. The number of piperidine rings is 1. The largest absolute Gasteiger partial charge is 0.394 e. The van der Waals surface area contributed by atoms with Crippen molar-refractivity contribution in [3.05, 3.63) is 0 Å². The number of hydrogen-bond donors (Lipinski definition) is 4. The second-order valence-electron chi connectivity index (χ2n) is 5.17. The molecule has 94 valence electrons. The van der Waals surface area contributed by atoms with Gasteiger partial charge in [-0.3, -0.25) is 4.79 Å². The molecule has 1 unspecified atom stereocenters. The molecule has 0 aromatic heterocycles. The Kier molecular flexibility index (Phi) is 4.29. The van der Waals surface area contributed by atoms with Gasteiger partial charge >= 0.3 is 0 Å². The second kappa shape index (κ2) is 5.12. The molecule has 1 heterocycles. The third-order valence-corrected chi connectivity index (χ3v) is 3.26. The first-order valence-electron chi connectivity index (χ1n) is 5.71. The number of aliphatic hydroxyl groups is 2. The summed E-state index contributed by atoms with van der Waals surface area (Å²) in [6.45, 7) is 4.59. The zero-order valence-corrected chi connectivity index (χ0v) is 10.0. The van der Waals surface area contributed by atoms with Gasteiger partial charge in [-0.15, -0.1) is 0 Å². The molecule has 1 aliphatic heterocycles. The van der Waals surface area contributed by atoms with Crippen LogP contribution in [0.5, 0.6) is 0 Å². The molecule has 0 bridgehead atoms. The van der Waals surface area contributed by atoms with Crippen molar-refractivity contribution >= 4 is 5.91 Å². The van der Waals surface area contributed by atoms with Gasteiger partial charge in [0.2, 0.25) is 5.91 Å². The maximum atomic E-state index is 12.1. The Balaban J connectivity index is 2.63. The van der Waals surface area contributed by atoms with Crippen molar-refractivity contribution in [3.8, 4) is 0 Å². The molecule has 1 rings (SSSR count). The van der Waals surface area contributed by atoms with Crippen LogP contribution in [0.25, 0.3) is 0 Å².